The minimum Gasteiger partial charge on any atom is -0.408 e. The number of nitrogen functional groups attached to an aromatic ring is 1. The normalized spacial score (nSPS) is 28.6. The lowest BCUT2D eigenvalue weighted by atomic mass is 10.1. The number of aromatic nitrogens is 4. The van der Waals surface area contributed by atoms with Crippen LogP contribution in [0.25, 0.3) is 11.2 Å². The molecule has 2 aliphatic heterocycles. The van der Waals surface area contributed by atoms with Crippen LogP contribution in [0.1, 0.15) is 27.0 Å². The SMILES string of the molecule is CC(C)(C)[Si](C)(C)O[C@H]1[C@@H](F)[C@H](n2cnc3c(N)ncnc32)O[C@@H]1COP1(=S)SCCS1. The molecule has 2 aliphatic rings. The molecule has 0 spiro atoms. The van der Waals surface area contributed by atoms with Crippen LogP contribution in [0.4, 0.5) is 10.2 Å². The van der Waals surface area contributed by atoms with E-state index in [4.69, 9.17) is 31.2 Å². The fourth-order valence-electron chi connectivity index (χ4n) is 3.34. The van der Waals surface area contributed by atoms with Gasteiger partial charge in [0.1, 0.15) is 24.1 Å². The van der Waals surface area contributed by atoms with Gasteiger partial charge in [-0.05, 0) is 29.9 Å². The molecule has 178 valence electrons. The summed E-state index contributed by atoms with van der Waals surface area (Å²) in [6.07, 6.45) is -0.943. The van der Waals surface area contributed by atoms with E-state index in [1.165, 1.54) is 12.7 Å². The molecule has 2 saturated heterocycles. The second-order valence-corrected chi connectivity index (χ2v) is 24.8. The average molecular weight is 538 g/mol. The maximum Gasteiger partial charge on any atom is 0.192 e. The minimum atomic E-state index is -2.28. The molecule has 0 bridgehead atoms. The van der Waals surface area contributed by atoms with Crippen LogP contribution in [0.3, 0.4) is 0 Å². The van der Waals surface area contributed by atoms with E-state index in [9.17, 15) is 0 Å². The van der Waals surface area contributed by atoms with Crippen LogP contribution in [0.2, 0.25) is 18.1 Å². The molecule has 0 unspecified atom stereocenters. The second kappa shape index (κ2) is 9.07. The van der Waals surface area contributed by atoms with Gasteiger partial charge in [0, 0.05) is 11.5 Å². The molecule has 0 radical (unpaired) electrons. The summed E-state index contributed by atoms with van der Waals surface area (Å²) < 4.78 is 34.4. The Morgan fingerprint density at radius 1 is 1.31 bits per heavy atom. The van der Waals surface area contributed by atoms with Crippen LogP contribution in [0.5, 0.6) is 0 Å². The fourth-order valence-corrected chi connectivity index (χ4v) is 13.5. The monoisotopic (exact) mass is 537 g/mol. The largest absolute Gasteiger partial charge is 0.408 e. The lowest BCUT2D eigenvalue weighted by molar-refractivity contribution is -0.0378. The summed E-state index contributed by atoms with van der Waals surface area (Å²) in [5.74, 6) is 2.20. The molecule has 0 amide bonds. The number of anilines is 1. The molecule has 2 N–H and O–H groups in total. The number of imidazole rings is 1. The minimum absolute atomic E-state index is 0.0804. The predicted octanol–water partition coefficient (Wildman–Crippen LogP) is 4.76. The third kappa shape index (κ3) is 4.77. The van der Waals surface area contributed by atoms with Crippen LogP contribution in [-0.4, -0.2) is 64.3 Å². The van der Waals surface area contributed by atoms with Gasteiger partial charge >= 0.3 is 0 Å². The third-order valence-electron chi connectivity index (χ3n) is 6.14. The van der Waals surface area contributed by atoms with Gasteiger partial charge in [0.2, 0.25) is 0 Å². The van der Waals surface area contributed by atoms with E-state index in [0.717, 1.165) is 11.5 Å². The molecule has 14 heteroatoms. The van der Waals surface area contributed by atoms with E-state index in [2.05, 4.69) is 48.8 Å². The highest BCUT2D eigenvalue weighted by molar-refractivity contribution is 9.00. The molecular formula is C18H29FN5O3PS3Si. The number of nitrogens with zero attached hydrogens (tertiary/aromatic N) is 4. The van der Waals surface area contributed by atoms with Gasteiger partial charge in [-0.2, -0.15) is 0 Å². The smallest absolute Gasteiger partial charge is 0.192 e. The molecule has 2 fully saturated rings. The van der Waals surface area contributed by atoms with Crippen LogP contribution in [0.15, 0.2) is 12.7 Å². The summed E-state index contributed by atoms with van der Waals surface area (Å²) in [4.78, 5) is 12.5. The summed E-state index contributed by atoms with van der Waals surface area (Å²) in [6, 6.07) is 0. The van der Waals surface area contributed by atoms with Crippen molar-refractivity contribution in [2.24, 2.45) is 0 Å². The zero-order valence-corrected chi connectivity index (χ0v) is 23.1. The third-order valence-corrected chi connectivity index (χ3v) is 20.5. The highest BCUT2D eigenvalue weighted by atomic mass is 33.2. The highest BCUT2D eigenvalue weighted by Crippen LogP contribution is 2.74. The lowest BCUT2D eigenvalue weighted by Crippen LogP contribution is -2.49. The second-order valence-electron chi connectivity index (χ2n) is 9.34. The lowest BCUT2D eigenvalue weighted by Gasteiger charge is -2.39. The average Bonchev–Trinajstić information content (AvgIpc) is 3.39. The molecule has 32 heavy (non-hydrogen) atoms. The summed E-state index contributed by atoms with van der Waals surface area (Å²) in [6.45, 7) is 10.8. The molecule has 2 aromatic rings. The van der Waals surface area contributed by atoms with Crippen LogP contribution < -0.4 is 5.73 Å². The van der Waals surface area contributed by atoms with Gasteiger partial charge in [0.05, 0.1) is 12.9 Å². The first kappa shape index (κ1) is 24.8. The quantitative estimate of drug-likeness (QED) is 0.410. The van der Waals surface area contributed by atoms with Crippen molar-refractivity contribution in [2.75, 3.05) is 23.8 Å². The van der Waals surface area contributed by atoms with Crippen molar-refractivity contribution in [1.82, 2.24) is 19.5 Å². The van der Waals surface area contributed by atoms with Crippen molar-refractivity contribution < 1.29 is 18.1 Å². The topological polar surface area (TPSA) is 97.3 Å². The molecular weight excluding hydrogens is 508 g/mol. The Morgan fingerprint density at radius 2 is 2.00 bits per heavy atom. The number of rotatable bonds is 6. The molecule has 2 aromatic heterocycles. The molecule has 8 nitrogen and oxygen atoms in total. The van der Waals surface area contributed by atoms with Gasteiger partial charge < -0.3 is 19.4 Å². The van der Waals surface area contributed by atoms with Gasteiger partial charge in [0.25, 0.3) is 0 Å². The van der Waals surface area contributed by atoms with E-state index in [0.29, 0.717) is 11.2 Å². The van der Waals surface area contributed by atoms with E-state index in [1.807, 2.05) is 0 Å². The zero-order valence-electron chi connectivity index (χ0n) is 18.7. The maximum atomic E-state index is 16.0. The number of hydrogen-bond donors (Lipinski definition) is 1. The van der Waals surface area contributed by atoms with E-state index in [-0.39, 0.29) is 17.5 Å². The van der Waals surface area contributed by atoms with Crippen molar-refractivity contribution >= 4 is 64.5 Å². The summed E-state index contributed by atoms with van der Waals surface area (Å²) >= 11 is 9.09. The molecule has 4 heterocycles. The molecule has 0 saturated carbocycles. The first-order chi connectivity index (χ1) is 14.9. The summed E-state index contributed by atoms with van der Waals surface area (Å²) in [5.41, 5.74) is 6.75. The van der Waals surface area contributed by atoms with Crippen molar-refractivity contribution in [1.29, 1.82) is 0 Å². The Hall–Kier alpha value is -0.273. The molecule has 4 atom stereocenters. The number of nitrogens with two attached hydrogens (primary N) is 1. The number of alkyl halides is 1. The van der Waals surface area contributed by atoms with Crippen LogP contribution in [-0.2, 0) is 25.5 Å². The van der Waals surface area contributed by atoms with Gasteiger partial charge in [-0.3, -0.25) is 4.57 Å². The number of hydrogen-bond acceptors (Lipinski definition) is 10. The Bertz CT molecular complexity index is 1030. The summed E-state index contributed by atoms with van der Waals surface area (Å²) in [5, 5.41) is -0.0804. The first-order valence-electron chi connectivity index (χ1n) is 10.4. The zero-order chi connectivity index (χ0) is 23.3. The standard InChI is InChI=1S/C18H29FN5O3PS3Si/c1-18(2,3)32(4,5)27-14-11(8-25-28(29)30-6-7-31-28)26-17(12(14)19)24-10-23-13-15(20)21-9-22-16(13)24/h9-12,14,17H,6-8H2,1-5H3,(H2,20,21,22)/t11-,12-,14-,17-/m1/s1. The first-order valence-corrected chi connectivity index (χ1v) is 19.2. The fraction of sp³-hybridized carbons (Fsp3) is 0.722. The van der Waals surface area contributed by atoms with E-state index in [1.54, 1.807) is 27.3 Å². The highest BCUT2D eigenvalue weighted by Gasteiger charge is 2.52. The number of fused-ring (bicyclic) bond motifs is 1. The van der Waals surface area contributed by atoms with Crippen molar-refractivity contribution in [3.63, 3.8) is 0 Å². The van der Waals surface area contributed by atoms with E-state index >= 15 is 4.39 Å². The summed E-state index contributed by atoms with van der Waals surface area (Å²) in [7, 11) is -2.28. The Labute approximate surface area is 201 Å². The number of ether oxygens (including phenoxy) is 1. The Kier molecular flexibility index (Phi) is 7.04. The van der Waals surface area contributed by atoms with Crippen LogP contribution >= 0.6 is 27.4 Å². The van der Waals surface area contributed by atoms with Gasteiger partial charge in [-0.25, -0.2) is 19.3 Å². The maximum absolute atomic E-state index is 16.0. The van der Waals surface area contributed by atoms with Crippen molar-refractivity contribution in [3.8, 4) is 0 Å². The van der Waals surface area contributed by atoms with Crippen molar-refractivity contribution in [3.05, 3.63) is 12.7 Å². The molecule has 4 rings (SSSR count). The predicted molar refractivity (Wildman–Crippen MR) is 136 cm³/mol. The molecule has 0 aliphatic carbocycles. The van der Waals surface area contributed by atoms with Gasteiger partial charge in [0.15, 0.2) is 36.9 Å². The molecule has 0 aromatic carbocycles. The van der Waals surface area contributed by atoms with Crippen molar-refractivity contribution in [2.45, 2.75) is 63.5 Å². The van der Waals surface area contributed by atoms with E-state index < -0.39 is 37.6 Å². The Balaban J connectivity index is 1.63. The Morgan fingerprint density at radius 3 is 2.66 bits per heavy atom. The van der Waals surface area contributed by atoms with Crippen LogP contribution in [0, 0.1) is 0 Å². The van der Waals surface area contributed by atoms with Gasteiger partial charge in [-0.1, -0.05) is 43.5 Å². The number of halogens is 1. The van der Waals surface area contributed by atoms with Gasteiger partial charge in [-0.15, -0.1) is 0 Å².